The third kappa shape index (κ3) is 2.60. The minimum atomic E-state index is -0.0302. The van der Waals surface area contributed by atoms with Crippen molar-refractivity contribution >= 4 is 16.9 Å². The van der Waals surface area contributed by atoms with Crippen LogP contribution in [0.25, 0.3) is 11.0 Å². The van der Waals surface area contributed by atoms with Crippen LogP contribution in [0, 0.1) is 13.8 Å². The maximum absolute atomic E-state index is 12.8. The van der Waals surface area contributed by atoms with Gasteiger partial charge in [0.2, 0.25) is 0 Å². The quantitative estimate of drug-likeness (QED) is 0.722. The van der Waals surface area contributed by atoms with Gasteiger partial charge >= 0.3 is 0 Å². The number of benzene rings is 1. The van der Waals surface area contributed by atoms with E-state index in [2.05, 4.69) is 22.8 Å². The van der Waals surface area contributed by atoms with Crippen LogP contribution in [-0.4, -0.2) is 33.7 Å². The lowest BCUT2D eigenvalue weighted by Gasteiger charge is -2.32. The topological polar surface area (TPSA) is 51.3 Å². The zero-order chi connectivity index (χ0) is 16.7. The Balaban J connectivity index is 1.57. The number of rotatable bonds is 2. The number of amides is 1. The van der Waals surface area contributed by atoms with Crippen molar-refractivity contribution in [3.8, 4) is 0 Å². The maximum atomic E-state index is 12.8. The molecule has 1 aliphatic heterocycles. The molecule has 2 aromatic heterocycles. The van der Waals surface area contributed by atoms with Gasteiger partial charge in [0.25, 0.3) is 5.91 Å². The highest BCUT2D eigenvalue weighted by atomic mass is 16.3. The molecule has 0 N–H and O–H groups in total. The summed E-state index contributed by atoms with van der Waals surface area (Å²) in [6, 6.07) is 11.9. The first-order valence-electron chi connectivity index (χ1n) is 8.42. The monoisotopic (exact) mass is 323 g/mol. The minimum Gasteiger partial charge on any atom is -0.451 e. The molecule has 1 aliphatic rings. The second-order valence-corrected chi connectivity index (χ2v) is 6.57. The number of aromatic nitrogens is 2. The van der Waals surface area contributed by atoms with E-state index in [4.69, 9.17) is 4.42 Å². The predicted octanol–water partition coefficient (Wildman–Crippen LogP) is 3.72. The van der Waals surface area contributed by atoms with Gasteiger partial charge in [-0.05, 0) is 44.9 Å². The van der Waals surface area contributed by atoms with E-state index in [1.807, 2.05) is 42.2 Å². The van der Waals surface area contributed by atoms with Gasteiger partial charge in [0, 0.05) is 24.2 Å². The highest BCUT2D eigenvalue weighted by Gasteiger charge is 2.28. The Morgan fingerprint density at radius 2 is 2.08 bits per heavy atom. The van der Waals surface area contributed by atoms with E-state index in [-0.39, 0.29) is 11.9 Å². The summed E-state index contributed by atoms with van der Waals surface area (Å²) >= 11 is 0. The molecule has 5 nitrogen and oxygen atoms in total. The van der Waals surface area contributed by atoms with E-state index < -0.39 is 0 Å². The van der Waals surface area contributed by atoms with E-state index in [0.29, 0.717) is 12.3 Å². The molecule has 0 saturated carbocycles. The molecule has 4 rings (SSSR count). The number of hydrogen-bond acceptors (Lipinski definition) is 3. The number of carbonyl (C=O) groups is 1. The fraction of sp³-hybridized carbons (Fsp3) is 0.368. The fourth-order valence-corrected chi connectivity index (χ4v) is 3.60. The van der Waals surface area contributed by atoms with Gasteiger partial charge in [-0.3, -0.25) is 9.48 Å². The average molecular weight is 323 g/mol. The van der Waals surface area contributed by atoms with Gasteiger partial charge in [-0.2, -0.15) is 5.10 Å². The summed E-state index contributed by atoms with van der Waals surface area (Å²) in [6.45, 7) is 5.52. The highest BCUT2D eigenvalue weighted by Crippen LogP contribution is 2.26. The van der Waals surface area contributed by atoms with Crippen molar-refractivity contribution < 1.29 is 9.21 Å². The maximum Gasteiger partial charge on any atom is 0.289 e. The first kappa shape index (κ1) is 15.0. The van der Waals surface area contributed by atoms with Crippen molar-refractivity contribution in [1.82, 2.24) is 14.7 Å². The van der Waals surface area contributed by atoms with Crippen molar-refractivity contribution in [2.75, 3.05) is 13.1 Å². The van der Waals surface area contributed by atoms with Crippen LogP contribution >= 0.6 is 0 Å². The molecule has 1 saturated heterocycles. The third-order valence-electron chi connectivity index (χ3n) is 4.71. The normalized spacial score (nSPS) is 18.2. The molecular formula is C19H21N3O2. The molecule has 1 atom stereocenters. The SMILES string of the molecule is Cc1cc(C)n([C@@H]2CCCN(C(=O)c3cc4ccccc4o3)C2)n1. The summed E-state index contributed by atoms with van der Waals surface area (Å²) < 4.78 is 7.80. The number of furan rings is 1. The van der Waals surface area contributed by atoms with Crippen LogP contribution in [0.1, 0.15) is 40.8 Å². The van der Waals surface area contributed by atoms with Gasteiger partial charge in [-0.15, -0.1) is 0 Å². The summed E-state index contributed by atoms with van der Waals surface area (Å²) in [5.74, 6) is 0.391. The molecule has 0 radical (unpaired) electrons. The van der Waals surface area contributed by atoms with Crippen molar-refractivity contribution in [3.63, 3.8) is 0 Å². The largest absolute Gasteiger partial charge is 0.451 e. The van der Waals surface area contributed by atoms with Gasteiger partial charge in [0.05, 0.1) is 11.7 Å². The van der Waals surface area contributed by atoms with Crippen LogP contribution in [0.5, 0.6) is 0 Å². The third-order valence-corrected chi connectivity index (χ3v) is 4.71. The lowest BCUT2D eigenvalue weighted by Crippen LogP contribution is -2.41. The number of aryl methyl sites for hydroxylation is 2. The second-order valence-electron chi connectivity index (χ2n) is 6.57. The van der Waals surface area contributed by atoms with Crippen LogP contribution in [0.4, 0.5) is 0 Å². The van der Waals surface area contributed by atoms with Gasteiger partial charge in [-0.1, -0.05) is 18.2 Å². The van der Waals surface area contributed by atoms with E-state index in [0.717, 1.165) is 41.7 Å². The molecular weight excluding hydrogens is 302 g/mol. The smallest absolute Gasteiger partial charge is 0.289 e. The van der Waals surface area contributed by atoms with Crippen LogP contribution in [-0.2, 0) is 0 Å². The Kier molecular flexibility index (Phi) is 3.63. The molecule has 3 aromatic rings. The average Bonchev–Trinajstić information content (AvgIpc) is 3.17. The molecule has 3 heterocycles. The summed E-state index contributed by atoms with van der Waals surface area (Å²) in [5.41, 5.74) is 2.93. The number of piperidine rings is 1. The molecule has 124 valence electrons. The predicted molar refractivity (Wildman–Crippen MR) is 92.1 cm³/mol. The number of nitrogens with zero attached hydrogens (tertiary/aromatic N) is 3. The van der Waals surface area contributed by atoms with Crippen molar-refractivity contribution in [3.05, 3.63) is 53.5 Å². The van der Waals surface area contributed by atoms with Crippen LogP contribution < -0.4 is 0 Å². The molecule has 0 spiro atoms. The Bertz CT molecular complexity index is 860. The zero-order valence-corrected chi connectivity index (χ0v) is 14.0. The molecule has 1 aromatic carbocycles. The Labute approximate surface area is 140 Å². The Morgan fingerprint density at radius 3 is 2.83 bits per heavy atom. The standard InChI is InChI=1S/C19H21N3O2/c1-13-10-14(2)22(20-13)16-7-5-9-21(12-16)19(23)18-11-15-6-3-4-8-17(15)24-18/h3-4,6,8,10-11,16H,5,7,9,12H2,1-2H3/t16-/m1/s1. The molecule has 0 aliphatic carbocycles. The van der Waals surface area contributed by atoms with Crippen LogP contribution in [0.2, 0.25) is 0 Å². The van der Waals surface area contributed by atoms with Gasteiger partial charge in [0.1, 0.15) is 5.58 Å². The fourth-order valence-electron chi connectivity index (χ4n) is 3.60. The van der Waals surface area contributed by atoms with Crippen molar-refractivity contribution in [2.24, 2.45) is 0 Å². The van der Waals surface area contributed by atoms with Gasteiger partial charge < -0.3 is 9.32 Å². The number of carbonyl (C=O) groups excluding carboxylic acids is 1. The number of fused-ring (bicyclic) bond motifs is 1. The van der Waals surface area contributed by atoms with Gasteiger partial charge in [-0.25, -0.2) is 0 Å². The molecule has 24 heavy (non-hydrogen) atoms. The molecule has 1 amide bonds. The first-order valence-corrected chi connectivity index (χ1v) is 8.42. The molecule has 1 fully saturated rings. The zero-order valence-electron chi connectivity index (χ0n) is 14.0. The second kappa shape index (κ2) is 5.82. The molecule has 0 unspecified atom stereocenters. The number of likely N-dealkylation sites (tertiary alicyclic amines) is 1. The van der Waals surface area contributed by atoms with Crippen LogP contribution in [0.3, 0.4) is 0 Å². The first-order chi connectivity index (χ1) is 11.6. The summed E-state index contributed by atoms with van der Waals surface area (Å²) in [5, 5.41) is 5.56. The lowest BCUT2D eigenvalue weighted by molar-refractivity contribution is 0.0642. The lowest BCUT2D eigenvalue weighted by atomic mass is 10.1. The minimum absolute atomic E-state index is 0.0302. The van der Waals surface area contributed by atoms with E-state index >= 15 is 0 Å². The Morgan fingerprint density at radius 1 is 1.25 bits per heavy atom. The highest BCUT2D eigenvalue weighted by molar-refractivity contribution is 5.96. The number of hydrogen-bond donors (Lipinski definition) is 0. The van der Waals surface area contributed by atoms with Gasteiger partial charge in [0.15, 0.2) is 5.76 Å². The van der Waals surface area contributed by atoms with Crippen molar-refractivity contribution in [1.29, 1.82) is 0 Å². The molecule has 5 heteroatoms. The summed E-state index contributed by atoms with van der Waals surface area (Å²) in [4.78, 5) is 14.7. The Hall–Kier alpha value is -2.56. The summed E-state index contributed by atoms with van der Waals surface area (Å²) in [6.07, 6.45) is 2.03. The molecule has 0 bridgehead atoms. The summed E-state index contributed by atoms with van der Waals surface area (Å²) in [7, 11) is 0. The van der Waals surface area contributed by atoms with Crippen LogP contribution in [0.15, 0.2) is 40.8 Å². The van der Waals surface area contributed by atoms with E-state index in [1.165, 1.54) is 0 Å². The van der Waals surface area contributed by atoms with Crippen molar-refractivity contribution in [2.45, 2.75) is 32.7 Å². The number of para-hydroxylation sites is 1. The van der Waals surface area contributed by atoms with E-state index in [9.17, 15) is 4.79 Å². The van der Waals surface area contributed by atoms with E-state index in [1.54, 1.807) is 0 Å².